The van der Waals surface area contributed by atoms with E-state index in [1.807, 2.05) is 25.1 Å². The summed E-state index contributed by atoms with van der Waals surface area (Å²) in [5, 5.41) is 11.4. The number of hydrogen-bond acceptors (Lipinski definition) is 9. The lowest BCUT2D eigenvalue weighted by molar-refractivity contribution is -0.125. The fourth-order valence-corrected chi connectivity index (χ4v) is 4.05. The molecule has 0 aliphatic carbocycles. The Kier molecular flexibility index (Phi) is 7.31. The van der Waals surface area contributed by atoms with Gasteiger partial charge in [0, 0.05) is 45.3 Å². The largest absolute Gasteiger partial charge is 0.476 e. The number of ether oxygens (including phenoxy) is 1. The van der Waals surface area contributed by atoms with Crippen LogP contribution in [0.25, 0.3) is 0 Å². The molecule has 2 aliphatic heterocycles. The van der Waals surface area contributed by atoms with Gasteiger partial charge < -0.3 is 24.8 Å². The van der Waals surface area contributed by atoms with Crippen LogP contribution >= 0.6 is 0 Å². The normalized spacial score (nSPS) is 19.6. The van der Waals surface area contributed by atoms with Crippen molar-refractivity contribution in [2.45, 2.75) is 19.8 Å². The van der Waals surface area contributed by atoms with E-state index in [2.05, 4.69) is 47.2 Å². The maximum Gasteiger partial charge on any atom is 0.225 e. The summed E-state index contributed by atoms with van der Waals surface area (Å²) < 4.78 is 5.77. The minimum absolute atomic E-state index is 0.0548. The molecule has 0 saturated carbocycles. The minimum Gasteiger partial charge on any atom is -0.476 e. The van der Waals surface area contributed by atoms with Crippen LogP contribution in [0.1, 0.15) is 18.5 Å². The van der Waals surface area contributed by atoms with Crippen molar-refractivity contribution in [2.24, 2.45) is 5.92 Å². The van der Waals surface area contributed by atoms with E-state index in [-0.39, 0.29) is 11.8 Å². The van der Waals surface area contributed by atoms with E-state index in [0.29, 0.717) is 25.6 Å². The third-order valence-corrected chi connectivity index (χ3v) is 6.01. The zero-order chi connectivity index (χ0) is 22.3. The first-order valence-electron chi connectivity index (χ1n) is 11.3. The smallest absolute Gasteiger partial charge is 0.225 e. The van der Waals surface area contributed by atoms with Gasteiger partial charge in [-0.3, -0.25) is 4.79 Å². The first kappa shape index (κ1) is 22.2. The van der Waals surface area contributed by atoms with Crippen molar-refractivity contribution in [1.29, 1.82) is 0 Å². The van der Waals surface area contributed by atoms with E-state index in [1.165, 1.54) is 6.33 Å². The molecule has 0 radical (unpaired) electrons. The van der Waals surface area contributed by atoms with Crippen LogP contribution in [0.2, 0.25) is 0 Å². The molecule has 10 nitrogen and oxygen atoms in total. The fourth-order valence-electron chi connectivity index (χ4n) is 4.05. The molecule has 1 unspecified atom stereocenters. The minimum atomic E-state index is -0.0604. The van der Waals surface area contributed by atoms with E-state index in [9.17, 15) is 4.79 Å². The Morgan fingerprint density at radius 3 is 2.72 bits per heavy atom. The molecule has 10 heteroatoms. The molecule has 2 aromatic heterocycles. The number of hydrogen-bond donors (Lipinski definition) is 1. The Bertz CT molecular complexity index is 886. The fraction of sp³-hybridized carbons (Fsp3) is 0.591. The summed E-state index contributed by atoms with van der Waals surface area (Å²) in [7, 11) is 2.13. The van der Waals surface area contributed by atoms with Crippen LogP contribution in [0.5, 0.6) is 5.88 Å². The molecule has 0 spiro atoms. The number of piperazine rings is 1. The van der Waals surface area contributed by atoms with Crippen molar-refractivity contribution in [3.63, 3.8) is 0 Å². The average molecular weight is 441 g/mol. The van der Waals surface area contributed by atoms with Gasteiger partial charge in [-0.05, 0) is 38.9 Å². The quantitative estimate of drug-likeness (QED) is 0.625. The molecule has 0 aromatic carbocycles. The van der Waals surface area contributed by atoms with Gasteiger partial charge in [-0.15, -0.1) is 5.10 Å². The molecule has 0 bridgehead atoms. The second-order valence-corrected chi connectivity index (χ2v) is 8.46. The Labute approximate surface area is 189 Å². The van der Waals surface area contributed by atoms with E-state index in [1.54, 1.807) is 0 Å². The SMILES string of the molecule is Cc1ccc(N2CCCC(C(=O)NCCOc3cc(N4CCN(C)CC4)ncn3)C2)nn1. The van der Waals surface area contributed by atoms with Gasteiger partial charge in [0.25, 0.3) is 0 Å². The van der Waals surface area contributed by atoms with Crippen molar-refractivity contribution in [3.8, 4) is 5.88 Å². The molecule has 4 heterocycles. The van der Waals surface area contributed by atoms with Crippen LogP contribution in [0, 0.1) is 12.8 Å². The third-order valence-electron chi connectivity index (χ3n) is 6.01. The molecule has 32 heavy (non-hydrogen) atoms. The number of nitrogens with one attached hydrogen (secondary N) is 1. The number of anilines is 2. The molecule has 2 aromatic rings. The number of piperidine rings is 1. The third kappa shape index (κ3) is 5.82. The predicted molar refractivity (Wildman–Crippen MR) is 122 cm³/mol. The lowest BCUT2D eigenvalue weighted by atomic mass is 9.97. The first-order valence-corrected chi connectivity index (χ1v) is 11.3. The molecule has 2 saturated heterocycles. The van der Waals surface area contributed by atoms with Crippen molar-refractivity contribution in [3.05, 3.63) is 30.2 Å². The van der Waals surface area contributed by atoms with Gasteiger partial charge in [0.2, 0.25) is 11.8 Å². The second kappa shape index (κ2) is 10.5. The number of carbonyl (C=O) groups excluding carboxylic acids is 1. The number of amides is 1. The Balaban J connectivity index is 1.21. The Morgan fingerprint density at radius 2 is 1.94 bits per heavy atom. The van der Waals surface area contributed by atoms with Gasteiger partial charge in [0.1, 0.15) is 18.8 Å². The van der Waals surface area contributed by atoms with E-state index >= 15 is 0 Å². The summed E-state index contributed by atoms with van der Waals surface area (Å²) in [5.41, 5.74) is 0.888. The van der Waals surface area contributed by atoms with Crippen LogP contribution in [0.3, 0.4) is 0 Å². The highest BCUT2D eigenvalue weighted by Gasteiger charge is 2.26. The number of carbonyl (C=O) groups is 1. The van der Waals surface area contributed by atoms with E-state index in [4.69, 9.17) is 4.74 Å². The van der Waals surface area contributed by atoms with Gasteiger partial charge in [-0.25, -0.2) is 9.97 Å². The van der Waals surface area contributed by atoms with Gasteiger partial charge in [0.15, 0.2) is 5.82 Å². The summed E-state index contributed by atoms with van der Waals surface area (Å²) in [6.45, 7) is 8.19. The summed E-state index contributed by atoms with van der Waals surface area (Å²) in [5.74, 6) is 2.24. The highest BCUT2D eigenvalue weighted by molar-refractivity contribution is 5.79. The highest BCUT2D eigenvalue weighted by atomic mass is 16.5. The monoisotopic (exact) mass is 440 g/mol. The molecule has 1 amide bonds. The molecular formula is C22H32N8O2. The van der Waals surface area contributed by atoms with Gasteiger partial charge in [0.05, 0.1) is 18.2 Å². The Morgan fingerprint density at radius 1 is 1.09 bits per heavy atom. The Hall–Kier alpha value is -3.01. The van der Waals surface area contributed by atoms with Crippen molar-refractivity contribution in [2.75, 3.05) is 69.3 Å². The number of likely N-dealkylation sites (N-methyl/N-ethyl adjacent to an activating group) is 1. The lowest BCUT2D eigenvalue weighted by Crippen LogP contribution is -2.44. The second-order valence-electron chi connectivity index (χ2n) is 8.46. The van der Waals surface area contributed by atoms with Gasteiger partial charge in [-0.2, -0.15) is 5.10 Å². The molecule has 4 rings (SSSR count). The number of rotatable bonds is 7. The van der Waals surface area contributed by atoms with Crippen LogP contribution in [-0.2, 0) is 4.79 Å². The summed E-state index contributed by atoms with van der Waals surface area (Å²) >= 11 is 0. The van der Waals surface area contributed by atoms with Crippen molar-refractivity contribution in [1.82, 2.24) is 30.4 Å². The average Bonchev–Trinajstić information content (AvgIpc) is 2.83. The predicted octanol–water partition coefficient (Wildman–Crippen LogP) is 0.738. The van der Waals surface area contributed by atoms with Crippen LogP contribution in [0.4, 0.5) is 11.6 Å². The van der Waals surface area contributed by atoms with Gasteiger partial charge >= 0.3 is 0 Å². The van der Waals surface area contributed by atoms with Crippen molar-refractivity contribution >= 4 is 17.5 Å². The topological polar surface area (TPSA) is 99.6 Å². The van der Waals surface area contributed by atoms with Crippen LogP contribution in [-0.4, -0.2) is 90.4 Å². The zero-order valence-electron chi connectivity index (χ0n) is 18.9. The molecule has 172 valence electrons. The first-order chi connectivity index (χ1) is 15.6. The maximum absolute atomic E-state index is 12.7. The van der Waals surface area contributed by atoms with Crippen LogP contribution < -0.4 is 19.9 Å². The summed E-state index contributed by atoms with van der Waals surface area (Å²) in [6.07, 6.45) is 3.37. The molecule has 1 atom stereocenters. The van der Waals surface area contributed by atoms with Crippen LogP contribution in [0.15, 0.2) is 24.5 Å². The molecule has 2 fully saturated rings. The molecule has 1 N–H and O–H groups in total. The standard InChI is InChI=1S/C22H32N8O2/c1-17-5-6-19(27-26-17)30-8-3-4-18(15-30)22(31)23-7-13-32-21-14-20(24-16-25-21)29-11-9-28(2)10-12-29/h5-6,14,16,18H,3-4,7-13,15H2,1-2H3,(H,23,31). The van der Waals surface area contributed by atoms with E-state index in [0.717, 1.165) is 62.9 Å². The highest BCUT2D eigenvalue weighted by Crippen LogP contribution is 2.21. The molecule has 2 aliphatic rings. The van der Waals surface area contributed by atoms with E-state index < -0.39 is 0 Å². The summed E-state index contributed by atoms with van der Waals surface area (Å²) in [4.78, 5) is 27.9. The maximum atomic E-state index is 12.7. The number of aryl methyl sites for hydroxylation is 1. The zero-order valence-corrected chi connectivity index (χ0v) is 18.9. The lowest BCUT2D eigenvalue weighted by Gasteiger charge is -2.33. The number of aromatic nitrogens is 4. The summed E-state index contributed by atoms with van der Waals surface area (Å²) in [6, 6.07) is 5.79. The molecular weight excluding hydrogens is 408 g/mol. The van der Waals surface area contributed by atoms with Crippen molar-refractivity contribution < 1.29 is 9.53 Å². The van der Waals surface area contributed by atoms with Gasteiger partial charge in [-0.1, -0.05) is 0 Å². The number of nitrogens with zero attached hydrogens (tertiary/aromatic N) is 7.